The lowest BCUT2D eigenvalue weighted by Crippen LogP contribution is -2.14. The van der Waals surface area contributed by atoms with Crippen LogP contribution in [0.5, 0.6) is 17.6 Å². The fourth-order valence-corrected chi connectivity index (χ4v) is 3.55. The van der Waals surface area contributed by atoms with Crippen LogP contribution >= 0.6 is 0 Å². The molecular formula is C24H21N5O6. The lowest BCUT2D eigenvalue weighted by Gasteiger charge is -2.15. The zero-order valence-electron chi connectivity index (χ0n) is 19.0. The first-order chi connectivity index (χ1) is 16.8. The second-order valence-electron chi connectivity index (χ2n) is 7.31. The van der Waals surface area contributed by atoms with Crippen molar-refractivity contribution < 1.29 is 28.9 Å². The van der Waals surface area contributed by atoms with Crippen LogP contribution in [-0.2, 0) is 4.74 Å². The smallest absolute Gasteiger partial charge is 0.338 e. The molecule has 0 aliphatic carbocycles. The summed E-state index contributed by atoms with van der Waals surface area (Å²) < 4.78 is 15.2. The third-order valence-corrected chi connectivity index (χ3v) is 5.16. The molecule has 0 saturated heterocycles. The Morgan fingerprint density at radius 3 is 2.49 bits per heavy atom. The maximum atomic E-state index is 12.2. The first-order valence-electron chi connectivity index (χ1n) is 10.2. The summed E-state index contributed by atoms with van der Waals surface area (Å²) in [4.78, 5) is 36.8. The molecule has 0 spiro atoms. The van der Waals surface area contributed by atoms with Crippen LogP contribution in [0, 0.1) is 0 Å². The minimum absolute atomic E-state index is 0.124. The van der Waals surface area contributed by atoms with E-state index >= 15 is 0 Å². The van der Waals surface area contributed by atoms with E-state index in [1.807, 2.05) is 0 Å². The number of pyridine rings is 1. The quantitative estimate of drug-likeness (QED) is 0.339. The third-order valence-electron chi connectivity index (χ3n) is 5.16. The Bertz CT molecular complexity index is 1460. The maximum absolute atomic E-state index is 12.2. The molecule has 11 heteroatoms. The van der Waals surface area contributed by atoms with E-state index in [0.29, 0.717) is 39.3 Å². The minimum atomic E-state index is -0.704. The van der Waals surface area contributed by atoms with E-state index in [2.05, 4.69) is 20.3 Å². The fraction of sp³-hybridized carbons (Fsp3) is 0.125. The van der Waals surface area contributed by atoms with Crippen molar-refractivity contribution in [1.29, 1.82) is 0 Å². The largest absolute Gasteiger partial charge is 0.508 e. The molecule has 11 nitrogen and oxygen atoms in total. The van der Waals surface area contributed by atoms with Crippen LogP contribution in [-0.4, -0.2) is 53.3 Å². The van der Waals surface area contributed by atoms with Crippen LogP contribution < -0.4 is 20.5 Å². The molecule has 0 radical (unpaired) electrons. The summed E-state index contributed by atoms with van der Waals surface area (Å²) in [5.41, 5.74) is 8.39. The second-order valence-corrected chi connectivity index (χ2v) is 7.31. The number of nitrogens with two attached hydrogens (primary N) is 1. The number of hydrogen-bond acceptors (Lipinski definition) is 10. The maximum Gasteiger partial charge on any atom is 0.338 e. The minimum Gasteiger partial charge on any atom is -0.508 e. The van der Waals surface area contributed by atoms with Gasteiger partial charge in [-0.1, -0.05) is 12.1 Å². The molecule has 4 rings (SSSR count). The topological polar surface area (TPSA) is 159 Å². The van der Waals surface area contributed by atoms with Crippen LogP contribution in [0.4, 0.5) is 11.4 Å². The molecule has 0 aliphatic rings. The van der Waals surface area contributed by atoms with Gasteiger partial charge in [0.15, 0.2) is 0 Å². The zero-order chi connectivity index (χ0) is 25.1. The van der Waals surface area contributed by atoms with Gasteiger partial charge in [-0.3, -0.25) is 9.78 Å². The highest BCUT2D eigenvalue weighted by molar-refractivity contribution is 6.08. The SMILES string of the molecule is COC(=O)c1cc(O)cc(Nc2c(C(N)=O)cnc3cc(-c4cnc(OC)nc4OC)ccc23)c1. The number of carbonyl (C=O) groups is 2. The average molecular weight is 475 g/mol. The van der Waals surface area contributed by atoms with E-state index in [9.17, 15) is 14.7 Å². The van der Waals surface area contributed by atoms with Crippen molar-refractivity contribution in [2.24, 2.45) is 5.73 Å². The van der Waals surface area contributed by atoms with Crippen molar-refractivity contribution in [3.63, 3.8) is 0 Å². The van der Waals surface area contributed by atoms with E-state index in [-0.39, 0.29) is 22.9 Å². The number of aromatic nitrogens is 3. The van der Waals surface area contributed by atoms with Gasteiger partial charge >= 0.3 is 12.0 Å². The number of amides is 1. The van der Waals surface area contributed by atoms with Gasteiger partial charge in [-0.25, -0.2) is 9.78 Å². The van der Waals surface area contributed by atoms with E-state index in [4.69, 9.17) is 19.9 Å². The molecule has 0 unspecified atom stereocenters. The number of benzene rings is 2. The summed E-state index contributed by atoms with van der Waals surface area (Å²) >= 11 is 0. The van der Waals surface area contributed by atoms with Crippen molar-refractivity contribution in [2.75, 3.05) is 26.6 Å². The van der Waals surface area contributed by atoms with Gasteiger partial charge in [0.2, 0.25) is 5.88 Å². The van der Waals surface area contributed by atoms with E-state index in [1.165, 1.54) is 45.7 Å². The normalized spacial score (nSPS) is 10.6. The lowest BCUT2D eigenvalue weighted by molar-refractivity contribution is 0.0600. The number of hydrogen-bond donors (Lipinski definition) is 3. The summed E-state index contributed by atoms with van der Waals surface area (Å²) in [7, 11) is 4.19. The number of methoxy groups -OCH3 is 3. The van der Waals surface area contributed by atoms with Gasteiger partial charge in [-0.15, -0.1) is 0 Å². The number of fused-ring (bicyclic) bond motifs is 1. The Morgan fingerprint density at radius 2 is 1.80 bits per heavy atom. The Hall–Kier alpha value is -4.93. The van der Waals surface area contributed by atoms with Gasteiger partial charge in [-0.2, -0.15) is 4.98 Å². The number of nitrogens with one attached hydrogen (secondary N) is 1. The first kappa shape index (κ1) is 23.2. The Labute approximate surface area is 199 Å². The number of anilines is 2. The zero-order valence-corrected chi connectivity index (χ0v) is 19.0. The second kappa shape index (κ2) is 9.51. The average Bonchev–Trinajstić information content (AvgIpc) is 2.87. The van der Waals surface area contributed by atoms with Gasteiger partial charge in [0, 0.05) is 29.5 Å². The molecule has 0 saturated carbocycles. The summed E-state index contributed by atoms with van der Waals surface area (Å²) in [6.45, 7) is 0. The van der Waals surface area contributed by atoms with Crippen molar-refractivity contribution in [2.45, 2.75) is 0 Å². The summed E-state index contributed by atoms with van der Waals surface area (Å²) in [6, 6.07) is 9.64. The van der Waals surface area contributed by atoms with Crippen LogP contribution in [0.1, 0.15) is 20.7 Å². The number of carbonyl (C=O) groups excluding carboxylic acids is 2. The number of phenols is 1. The Balaban J connectivity index is 1.84. The molecule has 0 bridgehead atoms. The van der Waals surface area contributed by atoms with Gasteiger partial charge in [-0.05, 0) is 23.8 Å². The van der Waals surface area contributed by atoms with E-state index < -0.39 is 11.9 Å². The number of ether oxygens (including phenoxy) is 3. The number of primary amides is 1. The first-order valence-corrected chi connectivity index (χ1v) is 10.2. The van der Waals surface area contributed by atoms with Gasteiger partial charge in [0.1, 0.15) is 5.75 Å². The monoisotopic (exact) mass is 475 g/mol. The molecular weight excluding hydrogens is 454 g/mol. The highest BCUT2D eigenvalue weighted by Gasteiger charge is 2.17. The molecule has 0 atom stereocenters. The molecule has 0 fully saturated rings. The van der Waals surface area contributed by atoms with Crippen LogP contribution in [0.3, 0.4) is 0 Å². The summed E-state index contributed by atoms with van der Waals surface area (Å²) in [6.07, 6.45) is 2.92. The number of esters is 1. The summed E-state index contributed by atoms with van der Waals surface area (Å²) in [5.74, 6) is -1.18. The number of phenolic OH excluding ortho intramolecular Hbond substituents is 1. The molecule has 0 aliphatic heterocycles. The Kier molecular flexibility index (Phi) is 6.32. The molecule has 4 N–H and O–H groups in total. The number of nitrogens with zero attached hydrogens (tertiary/aromatic N) is 3. The third kappa shape index (κ3) is 4.60. The molecule has 2 aromatic heterocycles. The van der Waals surface area contributed by atoms with Crippen molar-refractivity contribution >= 4 is 34.2 Å². The molecule has 178 valence electrons. The predicted molar refractivity (Wildman–Crippen MR) is 127 cm³/mol. The molecule has 2 heterocycles. The van der Waals surface area contributed by atoms with Gasteiger partial charge in [0.05, 0.1) is 49.2 Å². The lowest BCUT2D eigenvalue weighted by atomic mass is 10.0. The highest BCUT2D eigenvalue weighted by Crippen LogP contribution is 2.35. The van der Waals surface area contributed by atoms with Crippen molar-refractivity contribution in [3.8, 4) is 28.8 Å². The van der Waals surface area contributed by atoms with Crippen LogP contribution in [0.15, 0.2) is 48.8 Å². The van der Waals surface area contributed by atoms with Gasteiger partial charge < -0.3 is 30.4 Å². The van der Waals surface area contributed by atoms with Crippen molar-refractivity contribution in [3.05, 3.63) is 59.9 Å². The number of rotatable bonds is 7. The number of aromatic hydroxyl groups is 1. The highest BCUT2D eigenvalue weighted by atomic mass is 16.5. The van der Waals surface area contributed by atoms with Crippen molar-refractivity contribution in [1.82, 2.24) is 15.0 Å². The predicted octanol–water partition coefficient (Wildman–Crippen LogP) is 3.04. The van der Waals surface area contributed by atoms with Gasteiger partial charge in [0.25, 0.3) is 5.91 Å². The summed E-state index contributed by atoms with van der Waals surface area (Å²) in [5, 5.41) is 13.7. The van der Waals surface area contributed by atoms with Crippen LogP contribution in [0.25, 0.3) is 22.0 Å². The molecule has 2 aromatic carbocycles. The van der Waals surface area contributed by atoms with E-state index in [0.717, 1.165) is 0 Å². The molecule has 1 amide bonds. The van der Waals surface area contributed by atoms with E-state index in [1.54, 1.807) is 24.4 Å². The standard InChI is InChI=1S/C24H21N5O6/c1-33-22-17(10-27-24(29-22)35-3)12-4-5-16-19(8-12)26-11-18(21(25)31)20(16)28-14-6-13(23(32)34-2)7-15(30)9-14/h4-11,30H,1-3H3,(H2,25,31)(H,26,28). The Morgan fingerprint density at radius 1 is 1.00 bits per heavy atom. The molecule has 4 aromatic rings. The molecule has 35 heavy (non-hydrogen) atoms. The fourth-order valence-electron chi connectivity index (χ4n) is 3.55. The van der Waals surface area contributed by atoms with Crippen LogP contribution in [0.2, 0.25) is 0 Å².